The van der Waals surface area contributed by atoms with Crippen LogP contribution in [0.2, 0.25) is 0 Å². The van der Waals surface area contributed by atoms with E-state index in [0.717, 1.165) is 5.56 Å². The predicted octanol–water partition coefficient (Wildman–Crippen LogP) is 2.56. The van der Waals surface area contributed by atoms with Gasteiger partial charge in [-0.25, -0.2) is 0 Å². The molecule has 3 N–H and O–H groups in total. The minimum Gasteiger partial charge on any atom is -0.488 e. The predicted molar refractivity (Wildman–Crippen MR) is 103 cm³/mol. The highest BCUT2D eigenvalue weighted by Gasteiger charge is 2.13. The van der Waals surface area contributed by atoms with Crippen molar-refractivity contribution in [3.05, 3.63) is 65.7 Å². The SMILES string of the molecule is CC(C)C(=O)NC(=S)NNC(=O)c1ccccc1OCc1ccccc1. The maximum absolute atomic E-state index is 12.4. The van der Waals surface area contributed by atoms with E-state index in [1.54, 1.807) is 38.1 Å². The fraction of sp³-hybridized carbons (Fsp3) is 0.211. The Bertz CT molecular complexity index is 779. The molecule has 2 aromatic rings. The normalized spacial score (nSPS) is 10.1. The van der Waals surface area contributed by atoms with Gasteiger partial charge in [0.2, 0.25) is 5.91 Å². The Balaban J connectivity index is 1.94. The van der Waals surface area contributed by atoms with Crippen molar-refractivity contribution in [3.8, 4) is 5.75 Å². The van der Waals surface area contributed by atoms with Crippen LogP contribution in [-0.4, -0.2) is 16.9 Å². The highest BCUT2D eigenvalue weighted by atomic mass is 32.1. The minimum absolute atomic E-state index is 0.0275. The molecule has 0 aliphatic heterocycles. The zero-order chi connectivity index (χ0) is 18.9. The molecular weight excluding hydrogens is 350 g/mol. The van der Waals surface area contributed by atoms with Crippen molar-refractivity contribution >= 4 is 29.1 Å². The molecule has 0 aliphatic rings. The average Bonchev–Trinajstić information content (AvgIpc) is 2.65. The van der Waals surface area contributed by atoms with E-state index < -0.39 is 5.91 Å². The van der Waals surface area contributed by atoms with Crippen molar-refractivity contribution < 1.29 is 14.3 Å². The van der Waals surface area contributed by atoms with Crippen LogP contribution in [0.25, 0.3) is 0 Å². The number of hydrogen-bond donors (Lipinski definition) is 3. The number of ether oxygens (including phenoxy) is 1. The number of hydrazine groups is 1. The highest BCUT2D eigenvalue weighted by Crippen LogP contribution is 2.19. The third-order valence-corrected chi connectivity index (χ3v) is 3.62. The number of thiocarbonyl (C=S) groups is 1. The van der Waals surface area contributed by atoms with Crippen LogP contribution in [0.15, 0.2) is 54.6 Å². The van der Waals surface area contributed by atoms with Crippen molar-refractivity contribution in [3.63, 3.8) is 0 Å². The molecule has 0 unspecified atom stereocenters. The first-order chi connectivity index (χ1) is 12.5. The van der Waals surface area contributed by atoms with Gasteiger partial charge in [0, 0.05) is 5.92 Å². The van der Waals surface area contributed by atoms with Gasteiger partial charge in [0.15, 0.2) is 5.11 Å². The van der Waals surface area contributed by atoms with Crippen LogP contribution >= 0.6 is 12.2 Å². The summed E-state index contributed by atoms with van der Waals surface area (Å²) < 4.78 is 5.76. The van der Waals surface area contributed by atoms with Crippen molar-refractivity contribution in [1.29, 1.82) is 0 Å². The van der Waals surface area contributed by atoms with Crippen LogP contribution in [0.4, 0.5) is 0 Å². The molecule has 0 aliphatic carbocycles. The van der Waals surface area contributed by atoms with Crippen LogP contribution in [0, 0.1) is 5.92 Å². The molecule has 0 radical (unpaired) electrons. The lowest BCUT2D eigenvalue weighted by Gasteiger charge is -2.14. The number of benzene rings is 2. The maximum atomic E-state index is 12.4. The topological polar surface area (TPSA) is 79.5 Å². The molecule has 0 heterocycles. The van der Waals surface area contributed by atoms with Crippen molar-refractivity contribution in [2.45, 2.75) is 20.5 Å². The molecule has 0 saturated carbocycles. The second-order valence-electron chi connectivity index (χ2n) is 5.82. The van der Waals surface area contributed by atoms with Crippen LogP contribution in [0.5, 0.6) is 5.75 Å². The fourth-order valence-corrected chi connectivity index (χ4v) is 2.14. The van der Waals surface area contributed by atoms with Gasteiger partial charge in [-0.15, -0.1) is 0 Å². The van der Waals surface area contributed by atoms with E-state index in [2.05, 4.69) is 16.2 Å². The van der Waals surface area contributed by atoms with Gasteiger partial charge in [-0.05, 0) is 29.9 Å². The summed E-state index contributed by atoms with van der Waals surface area (Å²) in [5, 5.41) is 2.51. The lowest BCUT2D eigenvalue weighted by Crippen LogP contribution is -2.49. The summed E-state index contributed by atoms with van der Waals surface area (Å²) in [5.41, 5.74) is 6.32. The Morgan fingerprint density at radius 3 is 2.35 bits per heavy atom. The molecule has 6 nitrogen and oxygen atoms in total. The van der Waals surface area contributed by atoms with E-state index in [0.29, 0.717) is 17.9 Å². The van der Waals surface area contributed by atoms with Crippen LogP contribution in [0.1, 0.15) is 29.8 Å². The van der Waals surface area contributed by atoms with Gasteiger partial charge in [-0.1, -0.05) is 56.3 Å². The zero-order valence-electron chi connectivity index (χ0n) is 14.6. The monoisotopic (exact) mass is 371 g/mol. The first-order valence-electron chi connectivity index (χ1n) is 8.14. The smallest absolute Gasteiger partial charge is 0.273 e. The van der Waals surface area contributed by atoms with Gasteiger partial charge >= 0.3 is 0 Å². The summed E-state index contributed by atoms with van der Waals surface area (Å²) in [5.74, 6) is -0.413. The standard InChI is InChI=1S/C19H21N3O3S/c1-13(2)17(23)20-19(26)22-21-18(24)15-10-6-7-11-16(15)25-12-14-8-4-3-5-9-14/h3-11,13H,12H2,1-2H3,(H,21,24)(H2,20,22,23,26). The molecule has 2 amide bonds. The molecule has 0 aromatic heterocycles. The first kappa shape index (κ1) is 19.4. The van der Waals surface area contributed by atoms with E-state index in [4.69, 9.17) is 17.0 Å². The quantitative estimate of drug-likeness (QED) is 0.556. The van der Waals surface area contributed by atoms with Crippen molar-refractivity contribution in [2.75, 3.05) is 0 Å². The Morgan fingerprint density at radius 2 is 1.65 bits per heavy atom. The van der Waals surface area contributed by atoms with E-state index in [1.165, 1.54) is 0 Å². The minimum atomic E-state index is -0.421. The molecule has 0 bridgehead atoms. The largest absolute Gasteiger partial charge is 0.488 e. The number of rotatable bonds is 5. The fourth-order valence-electron chi connectivity index (χ4n) is 1.98. The molecule has 0 fully saturated rings. The van der Waals surface area contributed by atoms with Crippen molar-refractivity contribution in [2.24, 2.45) is 5.92 Å². The van der Waals surface area contributed by atoms with Gasteiger partial charge in [0.25, 0.3) is 5.91 Å². The van der Waals surface area contributed by atoms with E-state index in [-0.39, 0.29) is 16.9 Å². The number of carbonyl (C=O) groups excluding carboxylic acids is 2. The molecule has 26 heavy (non-hydrogen) atoms. The second-order valence-corrected chi connectivity index (χ2v) is 6.23. The van der Waals surface area contributed by atoms with Crippen LogP contribution in [-0.2, 0) is 11.4 Å². The van der Waals surface area contributed by atoms with Gasteiger partial charge in [0.05, 0.1) is 5.56 Å². The van der Waals surface area contributed by atoms with E-state index >= 15 is 0 Å². The summed E-state index contributed by atoms with van der Waals surface area (Å²) in [4.78, 5) is 23.9. The molecule has 2 rings (SSSR count). The zero-order valence-corrected chi connectivity index (χ0v) is 15.4. The molecule has 0 saturated heterocycles. The molecule has 0 spiro atoms. The van der Waals surface area contributed by atoms with Crippen molar-refractivity contribution in [1.82, 2.24) is 16.2 Å². The summed E-state index contributed by atoms with van der Waals surface area (Å²) in [6, 6.07) is 16.6. The maximum Gasteiger partial charge on any atom is 0.273 e. The van der Waals surface area contributed by atoms with Gasteiger partial charge in [0.1, 0.15) is 12.4 Å². The Hall–Kier alpha value is -2.93. The van der Waals surface area contributed by atoms with Gasteiger partial charge in [-0.2, -0.15) is 0 Å². The summed E-state index contributed by atoms with van der Waals surface area (Å²) in [6.45, 7) is 3.84. The second kappa shape index (κ2) is 9.53. The van der Waals surface area contributed by atoms with E-state index in [1.807, 2.05) is 30.3 Å². The Kier molecular flexibility index (Phi) is 7.11. The van der Waals surface area contributed by atoms with Crippen LogP contribution in [0.3, 0.4) is 0 Å². The van der Waals surface area contributed by atoms with Gasteiger partial charge in [-0.3, -0.25) is 20.4 Å². The Labute approximate surface area is 157 Å². The molecule has 2 aromatic carbocycles. The lowest BCUT2D eigenvalue weighted by molar-refractivity contribution is -0.122. The third-order valence-electron chi connectivity index (χ3n) is 3.42. The third kappa shape index (κ3) is 5.86. The molecule has 136 valence electrons. The van der Waals surface area contributed by atoms with E-state index in [9.17, 15) is 9.59 Å². The number of para-hydroxylation sites is 1. The van der Waals surface area contributed by atoms with Crippen LogP contribution < -0.4 is 20.9 Å². The number of carbonyl (C=O) groups is 2. The lowest BCUT2D eigenvalue weighted by atomic mass is 10.2. The molecule has 0 atom stereocenters. The summed E-state index contributed by atoms with van der Waals surface area (Å²) in [6.07, 6.45) is 0. The van der Waals surface area contributed by atoms with Gasteiger partial charge < -0.3 is 10.1 Å². The first-order valence-corrected chi connectivity index (χ1v) is 8.55. The number of hydrogen-bond acceptors (Lipinski definition) is 4. The highest BCUT2D eigenvalue weighted by molar-refractivity contribution is 7.80. The summed E-state index contributed by atoms with van der Waals surface area (Å²) >= 11 is 4.98. The summed E-state index contributed by atoms with van der Waals surface area (Å²) in [7, 11) is 0. The number of amides is 2. The number of nitrogens with one attached hydrogen (secondary N) is 3. The molecule has 7 heteroatoms. The average molecular weight is 371 g/mol. The Morgan fingerprint density at radius 1 is 1.00 bits per heavy atom. The molecular formula is C19H21N3O3S.